The number of sulfonamides is 1. The second kappa shape index (κ2) is 6.11. The van der Waals surface area contributed by atoms with Gasteiger partial charge in [0.05, 0.1) is 17.6 Å². The molecule has 0 radical (unpaired) electrons. The van der Waals surface area contributed by atoms with Crippen LogP contribution in [0.2, 0.25) is 0 Å². The first kappa shape index (κ1) is 15.9. The van der Waals surface area contributed by atoms with Crippen molar-refractivity contribution in [3.63, 3.8) is 0 Å². The normalized spacial score (nSPS) is 21.1. The van der Waals surface area contributed by atoms with E-state index in [1.807, 2.05) is 6.92 Å². The molecule has 1 fully saturated rings. The molecular weight excluding hydrogens is 297 g/mol. The molecule has 1 aromatic rings. The van der Waals surface area contributed by atoms with Crippen LogP contribution in [-0.2, 0) is 14.8 Å². The number of halogens is 1. The fourth-order valence-electron chi connectivity index (χ4n) is 2.34. The standard InChI is InChI=1S/C14H18FNO4S/c1-3-4-9-7-12(9)16-21(18,19)13-8-10(15)5-6-11(13)14(17)20-2/h5-6,8-9,12,16H,3-4,7H2,1-2H3. The summed E-state index contributed by atoms with van der Waals surface area (Å²) in [5.74, 6) is -1.21. The van der Waals surface area contributed by atoms with Gasteiger partial charge in [-0.25, -0.2) is 22.3 Å². The lowest BCUT2D eigenvalue weighted by Gasteiger charge is -2.10. The third kappa shape index (κ3) is 3.59. The summed E-state index contributed by atoms with van der Waals surface area (Å²) in [7, 11) is -2.80. The zero-order valence-corrected chi connectivity index (χ0v) is 12.7. The lowest BCUT2D eigenvalue weighted by molar-refractivity contribution is 0.0596. The van der Waals surface area contributed by atoms with Crippen molar-refractivity contribution < 1.29 is 22.3 Å². The maximum absolute atomic E-state index is 13.4. The Balaban J connectivity index is 2.27. The SMILES string of the molecule is CCCC1CC1NS(=O)(=O)c1cc(F)ccc1C(=O)OC. The van der Waals surface area contributed by atoms with Crippen LogP contribution in [0.1, 0.15) is 36.5 Å². The van der Waals surface area contributed by atoms with Gasteiger partial charge in [-0.2, -0.15) is 0 Å². The maximum atomic E-state index is 13.4. The van der Waals surface area contributed by atoms with Gasteiger partial charge in [0.15, 0.2) is 0 Å². The average Bonchev–Trinajstić information content (AvgIpc) is 3.15. The van der Waals surface area contributed by atoms with E-state index in [0.717, 1.165) is 44.6 Å². The molecule has 0 spiro atoms. The van der Waals surface area contributed by atoms with Gasteiger partial charge in [-0.05, 0) is 37.0 Å². The number of rotatable bonds is 6. The first-order chi connectivity index (χ1) is 9.89. The summed E-state index contributed by atoms with van der Waals surface area (Å²) in [5, 5.41) is 0. The van der Waals surface area contributed by atoms with Crippen molar-refractivity contribution in [1.29, 1.82) is 0 Å². The van der Waals surface area contributed by atoms with Crippen molar-refractivity contribution in [2.24, 2.45) is 5.92 Å². The van der Waals surface area contributed by atoms with E-state index >= 15 is 0 Å². The molecule has 7 heteroatoms. The highest BCUT2D eigenvalue weighted by Crippen LogP contribution is 2.36. The number of methoxy groups -OCH3 is 1. The van der Waals surface area contributed by atoms with E-state index < -0.39 is 21.8 Å². The number of esters is 1. The Hall–Kier alpha value is -1.47. The minimum Gasteiger partial charge on any atom is -0.465 e. The van der Waals surface area contributed by atoms with Crippen molar-refractivity contribution in [3.05, 3.63) is 29.6 Å². The Morgan fingerprint density at radius 2 is 2.19 bits per heavy atom. The third-order valence-electron chi connectivity index (χ3n) is 3.53. The molecule has 0 aromatic heterocycles. The van der Waals surface area contributed by atoms with Crippen LogP contribution >= 0.6 is 0 Å². The minimum atomic E-state index is -3.95. The minimum absolute atomic E-state index is 0.135. The van der Waals surface area contributed by atoms with Gasteiger partial charge in [0.25, 0.3) is 0 Å². The molecule has 2 unspecified atom stereocenters. The predicted octanol–water partition coefficient (Wildman–Crippen LogP) is 2.08. The number of carbonyl (C=O) groups is 1. The molecule has 5 nitrogen and oxygen atoms in total. The summed E-state index contributed by atoms with van der Waals surface area (Å²) < 4.78 is 45.1. The molecule has 0 bridgehead atoms. The second-order valence-electron chi connectivity index (χ2n) is 5.14. The largest absolute Gasteiger partial charge is 0.465 e. The Morgan fingerprint density at radius 3 is 2.81 bits per heavy atom. The van der Waals surface area contributed by atoms with Crippen LogP contribution in [-0.4, -0.2) is 27.5 Å². The van der Waals surface area contributed by atoms with Gasteiger partial charge in [-0.3, -0.25) is 0 Å². The van der Waals surface area contributed by atoms with Crippen LogP contribution < -0.4 is 4.72 Å². The predicted molar refractivity (Wildman–Crippen MR) is 74.9 cm³/mol. The topological polar surface area (TPSA) is 72.5 Å². The number of hydrogen-bond acceptors (Lipinski definition) is 4. The Labute approximate surface area is 123 Å². The molecule has 116 valence electrons. The fourth-order valence-corrected chi connectivity index (χ4v) is 3.86. The summed E-state index contributed by atoms with van der Waals surface area (Å²) in [6, 6.07) is 2.85. The number of benzene rings is 1. The molecule has 0 aliphatic heterocycles. The van der Waals surface area contributed by atoms with E-state index in [0.29, 0.717) is 5.92 Å². The number of ether oxygens (including phenoxy) is 1. The lowest BCUT2D eigenvalue weighted by atomic mass is 10.2. The van der Waals surface area contributed by atoms with E-state index in [-0.39, 0.29) is 16.5 Å². The van der Waals surface area contributed by atoms with Gasteiger partial charge in [0.2, 0.25) is 10.0 Å². The van der Waals surface area contributed by atoms with Crippen LogP contribution in [0.4, 0.5) is 4.39 Å². The van der Waals surface area contributed by atoms with Crippen LogP contribution in [0.5, 0.6) is 0 Å². The van der Waals surface area contributed by atoms with Crippen LogP contribution in [0, 0.1) is 11.7 Å². The summed E-state index contributed by atoms with van der Waals surface area (Å²) in [6.45, 7) is 2.03. The van der Waals surface area contributed by atoms with Gasteiger partial charge < -0.3 is 4.74 Å². The van der Waals surface area contributed by atoms with Crippen molar-refractivity contribution in [2.75, 3.05) is 7.11 Å². The molecule has 1 aromatic carbocycles. The summed E-state index contributed by atoms with van der Waals surface area (Å²) in [4.78, 5) is 11.2. The van der Waals surface area contributed by atoms with Gasteiger partial charge in [0.1, 0.15) is 5.82 Å². The summed E-state index contributed by atoms with van der Waals surface area (Å²) in [6.07, 6.45) is 2.70. The number of carbonyl (C=O) groups excluding carboxylic acids is 1. The van der Waals surface area contributed by atoms with E-state index in [1.54, 1.807) is 0 Å². The summed E-state index contributed by atoms with van der Waals surface area (Å²) in [5.41, 5.74) is -0.168. The van der Waals surface area contributed by atoms with E-state index in [4.69, 9.17) is 0 Å². The highest BCUT2D eigenvalue weighted by molar-refractivity contribution is 7.89. The summed E-state index contributed by atoms with van der Waals surface area (Å²) >= 11 is 0. The molecule has 0 saturated heterocycles. The van der Waals surface area contributed by atoms with Gasteiger partial charge in [0, 0.05) is 6.04 Å². The average molecular weight is 315 g/mol. The maximum Gasteiger partial charge on any atom is 0.339 e. The van der Waals surface area contributed by atoms with Crippen molar-refractivity contribution in [1.82, 2.24) is 4.72 Å². The Morgan fingerprint density at radius 1 is 1.48 bits per heavy atom. The van der Waals surface area contributed by atoms with Crippen molar-refractivity contribution >= 4 is 16.0 Å². The van der Waals surface area contributed by atoms with Gasteiger partial charge in [-0.15, -0.1) is 0 Å². The number of nitrogens with one attached hydrogen (secondary N) is 1. The quantitative estimate of drug-likeness (QED) is 0.816. The van der Waals surface area contributed by atoms with Crippen molar-refractivity contribution in [3.8, 4) is 0 Å². The highest BCUT2D eigenvalue weighted by Gasteiger charge is 2.40. The van der Waals surface area contributed by atoms with Gasteiger partial charge >= 0.3 is 5.97 Å². The van der Waals surface area contributed by atoms with Gasteiger partial charge in [-0.1, -0.05) is 13.3 Å². The molecule has 1 N–H and O–H groups in total. The number of hydrogen-bond donors (Lipinski definition) is 1. The van der Waals surface area contributed by atoms with E-state index in [9.17, 15) is 17.6 Å². The first-order valence-corrected chi connectivity index (χ1v) is 8.27. The second-order valence-corrected chi connectivity index (χ2v) is 6.83. The smallest absolute Gasteiger partial charge is 0.339 e. The molecule has 0 amide bonds. The molecule has 21 heavy (non-hydrogen) atoms. The van der Waals surface area contributed by atoms with Crippen molar-refractivity contribution in [2.45, 2.75) is 37.1 Å². The van der Waals surface area contributed by atoms with Crippen LogP contribution in [0.3, 0.4) is 0 Å². The molecular formula is C14H18FNO4S. The van der Waals surface area contributed by atoms with E-state index in [1.165, 1.54) is 0 Å². The monoisotopic (exact) mass is 315 g/mol. The Kier molecular flexibility index (Phi) is 4.63. The zero-order chi connectivity index (χ0) is 15.6. The molecule has 1 aliphatic carbocycles. The fraction of sp³-hybridized carbons (Fsp3) is 0.500. The van der Waals surface area contributed by atoms with Crippen LogP contribution in [0.25, 0.3) is 0 Å². The third-order valence-corrected chi connectivity index (χ3v) is 5.06. The molecule has 2 rings (SSSR count). The zero-order valence-electron chi connectivity index (χ0n) is 11.9. The Bertz CT molecular complexity index is 644. The lowest BCUT2D eigenvalue weighted by Crippen LogP contribution is -2.29. The molecule has 1 saturated carbocycles. The molecule has 0 heterocycles. The first-order valence-electron chi connectivity index (χ1n) is 6.79. The molecule has 2 atom stereocenters. The highest BCUT2D eigenvalue weighted by atomic mass is 32.2. The van der Waals surface area contributed by atoms with Crippen LogP contribution in [0.15, 0.2) is 23.1 Å². The van der Waals surface area contributed by atoms with E-state index in [2.05, 4.69) is 9.46 Å². The molecule has 1 aliphatic rings.